The van der Waals surface area contributed by atoms with Crippen LogP contribution in [0.15, 0.2) is 91.0 Å². The van der Waals surface area contributed by atoms with E-state index in [1.54, 1.807) is 18.2 Å². The predicted octanol–water partition coefficient (Wildman–Crippen LogP) is 7.19. The number of benzene rings is 4. The van der Waals surface area contributed by atoms with Gasteiger partial charge in [-0.1, -0.05) is 31.7 Å². The van der Waals surface area contributed by atoms with Crippen molar-refractivity contribution in [3.63, 3.8) is 0 Å². The first-order chi connectivity index (χ1) is 16.5. The van der Waals surface area contributed by atoms with E-state index in [1.165, 1.54) is 24.3 Å². The molecule has 0 N–H and O–H groups in total. The third-order valence-corrected chi connectivity index (χ3v) is 5.69. The summed E-state index contributed by atoms with van der Waals surface area (Å²) in [5.41, 5.74) is 5.74. The fraction of sp³-hybridized carbons (Fsp3) is 0.103. The fourth-order valence-corrected chi connectivity index (χ4v) is 3.93. The van der Waals surface area contributed by atoms with Gasteiger partial charge in [0.2, 0.25) is 0 Å². The zero-order valence-corrected chi connectivity index (χ0v) is 21.4. The maximum absolute atomic E-state index is 12.9. The van der Waals surface area contributed by atoms with Gasteiger partial charge in [0, 0.05) is 45.6 Å². The van der Waals surface area contributed by atoms with E-state index in [4.69, 9.17) is 0 Å². The van der Waals surface area contributed by atoms with Gasteiger partial charge >= 0.3 is 0 Å². The van der Waals surface area contributed by atoms with Crippen LogP contribution in [0.2, 0.25) is 0 Å². The molecule has 4 nitrogen and oxygen atoms in total. The maximum atomic E-state index is 12.9. The van der Waals surface area contributed by atoms with Crippen molar-refractivity contribution in [2.75, 3.05) is 0 Å². The summed E-state index contributed by atoms with van der Waals surface area (Å²) in [7, 11) is 3.91. The van der Waals surface area contributed by atoms with Gasteiger partial charge in [0.1, 0.15) is 11.6 Å². The minimum Gasteiger partial charge on any atom is -0.367 e. The number of fused-ring (bicyclic) bond motifs is 2. The Bertz CT molecular complexity index is 1460. The van der Waals surface area contributed by atoms with Crippen LogP contribution >= 0.6 is 0 Å². The molecule has 0 unspecified atom stereocenters. The summed E-state index contributed by atoms with van der Waals surface area (Å²) < 4.78 is 29.7. The van der Waals surface area contributed by atoms with E-state index < -0.39 is 0 Å². The Balaban J connectivity index is 0.000000190. The molecular formula is C29H25F2IrN4-. The van der Waals surface area contributed by atoms with Crippen LogP contribution in [-0.2, 0) is 34.2 Å². The van der Waals surface area contributed by atoms with Crippen LogP contribution in [0.1, 0.15) is 7.43 Å². The Morgan fingerprint density at radius 3 is 1.67 bits per heavy atom. The zero-order valence-electron chi connectivity index (χ0n) is 19.0. The van der Waals surface area contributed by atoms with Gasteiger partial charge in [0.05, 0.1) is 27.9 Å². The molecule has 0 atom stereocenters. The fourth-order valence-electron chi connectivity index (χ4n) is 3.93. The predicted molar refractivity (Wildman–Crippen MR) is 138 cm³/mol. The number of hydrogen-bond acceptors (Lipinski definition) is 2. The Labute approximate surface area is 222 Å². The van der Waals surface area contributed by atoms with Crippen molar-refractivity contribution in [2.24, 2.45) is 14.1 Å². The molecule has 0 fully saturated rings. The number of aryl methyl sites for hydroxylation is 2. The molecular weight excluding hydrogens is 635 g/mol. The van der Waals surface area contributed by atoms with Crippen LogP contribution in [0.25, 0.3) is 44.8 Å². The van der Waals surface area contributed by atoms with Gasteiger partial charge in [0.15, 0.2) is 0 Å². The number of imidazole rings is 2. The second-order valence-corrected chi connectivity index (χ2v) is 7.89. The van der Waals surface area contributed by atoms with Gasteiger partial charge < -0.3 is 9.13 Å². The van der Waals surface area contributed by atoms with Gasteiger partial charge in [-0.25, -0.2) is 9.37 Å². The number of rotatable bonds is 2. The summed E-state index contributed by atoms with van der Waals surface area (Å²) in [5.74, 6) is 1.14. The topological polar surface area (TPSA) is 35.6 Å². The minimum atomic E-state index is -0.285. The molecule has 7 heteroatoms. The van der Waals surface area contributed by atoms with Crippen LogP contribution in [0.4, 0.5) is 8.78 Å². The van der Waals surface area contributed by atoms with Crippen molar-refractivity contribution in [1.82, 2.24) is 19.1 Å². The molecule has 2 aromatic heterocycles. The van der Waals surface area contributed by atoms with Crippen molar-refractivity contribution < 1.29 is 28.9 Å². The van der Waals surface area contributed by atoms with E-state index in [0.717, 1.165) is 44.8 Å². The molecule has 185 valence electrons. The summed E-state index contributed by atoms with van der Waals surface area (Å²) in [4.78, 5) is 9.07. The van der Waals surface area contributed by atoms with Gasteiger partial charge in [0.25, 0.3) is 0 Å². The smallest absolute Gasteiger partial charge is 0.140 e. The van der Waals surface area contributed by atoms with E-state index in [2.05, 4.69) is 16.0 Å². The zero-order chi connectivity index (χ0) is 23.7. The van der Waals surface area contributed by atoms with E-state index in [-0.39, 0.29) is 39.2 Å². The van der Waals surface area contributed by atoms with Crippen LogP contribution in [0.3, 0.4) is 0 Å². The van der Waals surface area contributed by atoms with Gasteiger partial charge in [-0.3, -0.25) is 9.37 Å². The Morgan fingerprint density at radius 1 is 0.639 bits per heavy atom. The first-order valence-corrected chi connectivity index (χ1v) is 10.8. The summed E-state index contributed by atoms with van der Waals surface area (Å²) in [5, 5.41) is 0. The molecule has 1 radical (unpaired) electrons. The van der Waals surface area contributed by atoms with Crippen LogP contribution < -0.4 is 0 Å². The normalized spacial score (nSPS) is 10.3. The molecule has 6 aromatic rings. The van der Waals surface area contributed by atoms with Crippen molar-refractivity contribution in [3.05, 3.63) is 109 Å². The largest absolute Gasteiger partial charge is 0.367 e. The summed E-state index contributed by atoms with van der Waals surface area (Å²) in [6.45, 7) is 0. The maximum Gasteiger partial charge on any atom is 0.140 e. The molecule has 2 heterocycles. The number of nitrogens with zero attached hydrogens (tertiary/aromatic N) is 4. The first kappa shape index (κ1) is 26.9. The number of aromatic nitrogens is 4. The van der Waals surface area contributed by atoms with Crippen molar-refractivity contribution >= 4 is 22.1 Å². The molecule has 0 aliphatic rings. The quantitative estimate of drug-likeness (QED) is 0.185. The third-order valence-electron chi connectivity index (χ3n) is 5.69. The third kappa shape index (κ3) is 5.27. The standard InChI is InChI=1S/C14H11FN2.C14H10FN2.CH4.Ir/c2*1-17-13-5-3-2-4-12(13)16-14(17)10-6-8-11(15)9-7-10;;/h2-9H,1H3;2-6,8-9H,1H3;1H4;/q;-1;;. The molecule has 0 bridgehead atoms. The Hall–Kier alpha value is -3.67. The van der Waals surface area contributed by atoms with Crippen LogP contribution in [0.5, 0.6) is 0 Å². The SMILES string of the molecule is C.Cn1c(-c2[c-]cc(F)cc2)nc2ccccc21.Cn1c(-c2ccc(F)cc2)nc2ccccc21.[Ir]. The number of halogens is 2. The second kappa shape index (κ2) is 11.4. The Kier molecular flexibility index (Phi) is 8.51. The van der Waals surface area contributed by atoms with Crippen molar-refractivity contribution in [1.29, 1.82) is 0 Å². The molecule has 0 saturated heterocycles. The van der Waals surface area contributed by atoms with Crippen LogP contribution in [-0.4, -0.2) is 19.1 Å². The molecule has 0 spiro atoms. The van der Waals surface area contributed by atoms with E-state index >= 15 is 0 Å². The van der Waals surface area contributed by atoms with Crippen molar-refractivity contribution in [2.45, 2.75) is 7.43 Å². The Morgan fingerprint density at radius 2 is 1.14 bits per heavy atom. The number of hydrogen-bond donors (Lipinski definition) is 0. The van der Waals surface area contributed by atoms with E-state index in [9.17, 15) is 8.78 Å². The average molecular weight is 660 g/mol. The summed E-state index contributed by atoms with van der Waals surface area (Å²) in [6.07, 6.45) is 0. The van der Waals surface area contributed by atoms with Gasteiger partial charge in [-0.2, -0.15) is 0 Å². The van der Waals surface area contributed by atoms with Gasteiger partial charge in [-0.05, 0) is 48.5 Å². The molecule has 6 rings (SSSR count). The van der Waals surface area contributed by atoms with Gasteiger partial charge in [-0.15, -0.1) is 29.8 Å². The summed E-state index contributed by atoms with van der Waals surface area (Å²) >= 11 is 0. The second-order valence-electron chi connectivity index (χ2n) is 7.89. The molecule has 4 aromatic carbocycles. The molecule has 36 heavy (non-hydrogen) atoms. The molecule has 0 saturated carbocycles. The van der Waals surface area contributed by atoms with E-state index in [1.807, 2.05) is 71.8 Å². The summed E-state index contributed by atoms with van der Waals surface area (Å²) in [6, 6.07) is 29.6. The molecule has 0 amide bonds. The monoisotopic (exact) mass is 660 g/mol. The molecule has 0 aliphatic heterocycles. The number of para-hydroxylation sites is 4. The minimum absolute atomic E-state index is 0. The average Bonchev–Trinajstić information content (AvgIpc) is 3.38. The first-order valence-electron chi connectivity index (χ1n) is 10.8. The van der Waals surface area contributed by atoms with Crippen LogP contribution in [0, 0.1) is 17.7 Å². The van der Waals surface area contributed by atoms with E-state index in [0.29, 0.717) is 0 Å². The van der Waals surface area contributed by atoms with Crippen molar-refractivity contribution in [3.8, 4) is 22.8 Å². The molecule has 0 aliphatic carbocycles.